The number of rotatable bonds is 3. The zero-order valence-corrected chi connectivity index (χ0v) is 16.8. The maximum Gasteiger partial charge on any atom is 0.232 e. The van der Waals surface area contributed by atoms with Gasteiger partial charge >= 0.3 is 0 Å². The summed E-state index contributed by atoms with van der Waals surface area (Å²) in [7, 11) is 1.62. The number of ether oxygens (including phenoxy) is 1. The van der Waals surface area contributed by atoms with Crippen LogP contribution in [0.25, 0.3) is 0 Å². The first-order valence-electron chi connectivity index (χ1n) is 9.49. The molecule has 2 aromatic rings. The average molecular weight is 396 g/mol. The van der Waals surface area contributed by atoms with Gasteiger partial charge in [-0.2, -0.15) is 0 Å². The molecule has 1 heterocycles. The van der Waals surface area contributed by atoms with Gasteiger partial charge in [0, 0.05) is 35.1 Å². The topological polar surface area (TPSA) is 46.6 Å². The van der Waals surface area contributed by atoms with Gasteiger partial charge in [0.15, 0.2) is 5.78 Å². The van der Waals surface area contributed by atoms with Gasteiger partial charge in [-0.1, -0.05) is 29.8 Å². The molecule has 1 atom stereocenters. The number of halogens is 1. The third-order valence-corrected chi connectivity index (χ3v) is 5.82. The minimum absolute atomic E-state index is 0.00774. The number of nitrogens with zero attached hydrogens (tertiary/aromatic N) is 1. The van der Waals surface area contributed by atoms with E-state index in [0.717, 1.165) is 40.3 Å². The van der Waals surface area contributed by atoms with Crippen LogP contribution in [-0.2, 0) is 9.59 Å². The number of hydrogen-bond acceptors (Lipinski definition) is 3. The molecule has 0 spiro atoms. The van der Waals surface area contributed by atoms with Crippen molar-refractivity contribution in [1.82, 2.24) is 0 Å². The fourth-order valence-electron chi connectivity index (χ4n) is 4.24. The quantitative estimate of drug-likeness (QED) is 0.718. The van der Waals surface area contributed by atoms with E-state index in [1.54, 1.807) is 12.0 Å². The Morgan fingerprint density at radius 3 is 2.71 bits per heavy atom. The van der Waals surface area contributed by atoms with Crippen LogP contribution in [0.1, 0.15) is 42.7 Å². The lowest BCUT2D eigenvalue weighted by molar-refractivity contribution is -0.119. The fourth-order valence-corrected chi connectivity index (χ4v) is 4.41. The molecule has 0 radical (unpaired) electrons. The van der Waals surface area contributed by atoms with Crippen molar-refractivity contribution in [1.29, 1.82) is 0 Å². The smallest absolute Gasteiger partial charge is 0.232 e. The van der Waals surface area contributed by atoms with Crippen LogP contribution in [0, 0.1) is 6.92 Å². The number of amides is 1. The third kappa shape index (κ3) is 3.22. The Hall–Kier alpha value is -2.59. The monoisotopic (exact) mass is 395 g/mol. The molecule has 28 heavy (non-hydrogen) atoms. The van der Waals surface area contributed by atoms with E-state index >= 15 is 0 Å². The number of allylic oxidation sites excluding steroid dienone is 2. The van der Waals surface area contributed by atoms with Crippen LogP contribution < -0.4 is 9.64 Å². The Morgan fingerprint density at radius 2 is 1.93 bits per heavy atom. The molecule has 1 aliphatic carbocycles. The van der Waals surface area contributed by atoms with Gasteiger partial charge < -0.3 is 4.74 Å². The van der Waals surface area contributed by atoms with Crippen LogP contribution in [0.15, 0.2) is 53.7 Å². The summed E-state index contributed by atoms with van der Waals surface area (Å²) < 4.78 is 5.34. The molecule has 0 fully saturated rings. The second-order valence-corrected chi connectivity index (χ2v) is 7.77. The molecular weight excluding hydrogens is 374 g/mol. The first-order chi connectivity index (χ1) is 13.5. The van der Waals surface area contributed by atoms with Gasteiger partial charge in [0.1, 0.15) is 5.75 Å². The normalized spacial score (nSPS) is 19.7. The van der Waals surface area contributed by atoms with Crippen LogP contribution in [-0.4, -0.2) is 18.8 Å². The van der Waals surface area contributed by atoms with E-state index in [2.05, 4.69) is 0 Å². The molecular formula is C23H22ClNO3. The summed E-state index contributed by atoms with van der Waals surface area (Å²) >= 11 is 6.21. The lowest BCUT2D eigenvalue weighted by Gasteiger charge is -2.39. The highest BCUT2D eigenvalue weighted by Gasteiger charge is 2.40. The molecule has 2 aliphatic rings. The first kappa shape index (κ1) is 18.8. The van der Waals surface area contributed by atoms with Crippen LogP contribution in [0.4, 0.5) is 5.69 Å². The van der Waals surface area contributed by atoms with E-state index in [-0.39, 0.29) is 24.0 Å². The zero-order valence-electron chi connectivity index (χ0n) is 16.0. The van der Waals surface area contributed by atoms with Crippen molar-refractivity contribution in [3.05, 3.63) is 69.9 Å². The molecule has 0 aromatic heterocycles. The summed E-state index contributed by atoms with van der Waals surface area (Å²) in [5.41, 5.74) is 4.26. The summed E-state index contributed by atoms with van der Waals surface area (Å²) in [6.07, 6.45) is 2.24. The molecule has 1 aliphatic heterocycles. The van der Waals surface area contributed by atoms with Crippen molar-refractivity contribution in [3.8, 4) is 5.75 Å². The van der Waals surface area contributed by atoms with E-state index in [9.17, 15) is 9.59 Å². The Labute approximate surface area is 169 Å². The van der Waals surface area contributed by atoms with Gasteiger partial charge in [0.05, 0.1) is 12.8 Å². The predicted molar refractivity (Wildman–Crippen MR) is 110 cm³/mol. The number of hydrogen-bond donors (Lipinski definition) is 0. The van der Waals surface area contributed by atoms with Crippen LogP contribution in [0.3, 0.4) is 0 Å². The van der Waals surface area contributed by atoms with Gasteiger partial charge in [0.2, 0.25) is 5.91 Å². The number of ketones is 1. The van der Waals surface area contributed by atoms with Crippen molar-refractivity contribution >= 4 is 29.0 Å². The number of benzene rings is 2. The standard InChI is InChI=1S/C23H22ClNO3/c1-14-9-10-16(24)12-20(14)25-19-7-4-8-21(26)23(19)18(13-22(25)27)15-5-3-6-17(11-15)28-2/h3,5-6,9-12,18H,4,7-8,13H2,1-2H3. The maximum atomic E-state index is 13.3. The number of carbonyl (C=O) groups is 2. The van der Waals surface area contributed by atoms with Crippen molar-refractivity contribution in [3.63, 3.8) is 0 Å². The van der Waals surface area contributed by atoms with Crippen molar-refractivity contribution in [2.75, 3.05) is 12.0 Å². The average Bonchev–Trinajstić information content (AvgIpc) is 2.70. The van der Waals surface area contributed by atoms with Gasteiger partial charge in [-0.15, -0.1) is 0 Å². The number of Topliss-reactive ketones (excluding diaryl/α,β-unsaturated/α-hetero) is 1. The molecule has 1 unspecified atom stereocenters. The number of carbonyl (C=O) groups excluding carboxylic acids is 2. The Morgan fingerprint density at radius 1 is 1.11 bits per heavy atom. The minimum Gasteiger partial charge on any atom is -0.497 e. The summed E-state index contributed by atoms with van der Waals surface area (Å²) in [4.78, 5) is 27.9. The second kappa shape index (κ2) is 7.44. The highest BCUT2D eigenvalue weighted by atomic mass is 35.5. The predicted octanol–water partition coefficient (Wildman–Crippen LogP) is 5.18. The second-order valence-electron chi connectivity index (χ2n) is 7.33. The van der Waals surface area contributed by atoms with Crippen LogP contribution >= 0.6 is 11.6 Å². The highest BCUT2D eigenvalue weighted by molar-refractivity contribution is 6.31. The Kier molecular flexibility index (Phi) is 4.98. The Bertz CT molecular complexity index is 995. The lowest BCUT2D eigenvalue weighted by Crippen LogP contribution is -2.40. The number of aryl methyl sites for hydroxylation is 1. The number of anilines is 1. The molecule has 0 saturated carbocycles. The summed E-state index contributed by atoms with van der Waals surface area (Å²) in [6, 6.07) is 13.2. The van der Waals surface area contributed by atoms with E-state index < -0.39 is 0 Å². The van der Waals surface area contributed by atoms with Gasteiger partial charge in [-0.25, -0.2) is 0 Å². The summed E-state index contributed by atoms with van der Waals surface area (Å²) in [6.45, 7) is 1.96. The Balaban J connectivity index is 1.88. The van der Waals surface area contributed by atoms with Crippen LogP contribution in [0.5, 0.6) is 5.75 Å². The first-order valence-corrected chi connectivity index (χ1v) is 9.86. The largest absolute Gasteiger partial charge is 0.497 e. The van der Waals surface area contributed by atoms with E-state index in [0.29, 0.717) is 17.9 Å². The lowest BCUT2D eigenvalue weighted by atomic mass is 9.77. The fraction of sp³-hybridized carbons (Fsp3) is 0.304. The molecule has 2 aromatic carbocycles. The minimum atomic E-state index is -0.235. The van der Waals surface area contributed by atoms with Crippen LogP contribution in [0.2, 0.25) is 5.02 Å². The highest BCUT2D eigenvalue weighted by Crippen LogP contribution is 2.44. The molecule has 1 amide bonds. The molecule has 0 N–H and O–H groups in total. The summed E-state index contributed by atoms with van der Waals surface area (Å²) in [5.74, 6) is 0.613. The summed E-state index contributed by atoms with van der Waals surface area (Å²) in [5, 5.41) is 0.576. The van der Waals surface area contributed by atoms with Gasteiger partial charge in [-0.05, 0) is 55.2 Å². The molecule has 0 bridgehead atoms. The molecule has 4 nitrogen and oxygen atoms in total. The third-order valence-electron chi connectivity index (χ3n) is 5.58. The van der Waals surface area contributed by atoms with Crippen molar-refractivity contribution in [2.45, 2.75) is 38.5 Å². The van der Waals surface area contributed by atoms with E-state index in [1.165, 1.54) is 0 Å². The van der Waals surface area contributed by atoms with Crippen molar-refractivity contribution < 1.29 is 14.3 Å². The maximum absolute atomic E-state index is 13.3. The molecule has 4 rings (SSSR count). The zero-order chi connectivity index (χ0) is 19.8. The molecule has 0 saturated heterocycles. The van der Waals surface area contributed by atoms with Gasteiger partial charge in [-0.3, -0.25) is 14.5 Å². The van der Waals surface area contributed by atoms with E-state index in [1.807, 2.05) is 49.4 Å². The number of methoxy groups -OCH3 is 1. The van der Waals surface area contributed by atoms with Crippen molar-refractivity contribution in [2.24, 2.45) is 0 Å². The molecule has 144 valence electrons. The van der Waals surface area contributed by atoms with Gasteiger partial charge in [0.25, 0.3) is 0 Å². The SMILES string of the molecule is COc1cccc(C2CC(=O)N(c3cc(Cl)ccc3C)C3=C2C(=O)CCC3)c1. The van der Waals surface area contributed by atoms with E-state index in [4.69, 9.17) is 16.3 Å². The molecule has 5 heteroatoms.